The zero-order valence-corrected chi connectivity index (χ0v) is 19.8. The molecule has 5 rings (SSSR count). The highest BCUT2D eigenvalue weighted by atomic mass is 19.3. The summed E-state index contributed by atoms with van der Waals surface area (Å²) in [6.07, 6.45) is -0.857. The molecule has 2 aromatic carbocycles. The highest BCUT2D eigenvalue weighted by Gasteiger charge is 2.43. The Hall–Kier alpha value is -4.13. The quantitative estimate of drug-likeness (QED) is 0.251. The fourth-order valence-electron chi connectivity index (χ4n) is 3.94. The molecule has 1 aliphatic heterocycles. The van der Waals surface area contributed by atoms with Crippen LogP contribution in [-0.4, -0.2) is 44.0 Å². The lowest BCUT2D eigenvalue weighted by Crippen LogP contribution is -2.40. The number of aryl methyl sites for hydroxylation is 1. The predicted octanol–water partition coefficient (Wildman–Crippen LogP) is 3.19. The van der Waals surface area contributed by atoms with Gasteiger partial charge in [-0.1, -0.05) is 35.5 Å². The highest BCUT2D eigenvalue weighted by molar-refractivity contribution is 5.63. The Morgan fingerprint density at radius 3 is 2.68 bits per heavy atom. The number of aliphatic hydroxyl groups is 1. The van der Waals surface area contributed by atoms with Crippen LogP contribution in [0.15, 0.2) is 67.0 Å². The third-order valence-electron chi connectivity index (χ3n) is 5.79. The van der Waals surface area contributed by atoms with Crippen molar-refractivity contribution in [3.63, 3.8) is 0 Å². The van der Waals surface area contributed by atoms with E-state index in [1.807, 2.05) is 37.3 Å². The molecule has 2 atom stereocenters. The lowest BCUT2D eigenvalue weighted by Gasteiger charge is -2.20. The van der Waals surface area contributed by atoms with Crippen LogP contribution in [0.4, 0.5) is 20.3 Å². The molecule has 0 radical (unpaired) electrons. The summed E-state index contributed by atoms with van der Waals surface area (Å²) in [4.78, 5) is 4.35. The van der Waals surface area contributed by atoms with Crippen LogP contribution in [-0.2, 0) is 6.42 Å². The molecule has 10 nitrogen and oxygen atoms in total. The molecular formula is C25H25F2N7O3. The second-order valence-electron chi connectivity index (χ2n) is 8.59. The van der Waals surface area contributed by atoms with E-state index in [4.69, 9.17) is 5.73 Å². The Morgan fingerprint density at radius 1 is 1.11 bits per heavy atom. The summed E-state index contributed by atoms with van der Waals surface area (Å²) in [5.74, 6) is 0.317. The van der Waals surface area contributed by atoms with E-state index < -0.39 is 12.5 Å². The molecule has 2 aromatic heterocycles. The molecule has 3 heterocycles. The third kappa shape index (κ3) is 5.66. The predicted molar refractivity (Wildman–Crippen MR) is 131 cm³/mol. The number of pyridine rings is 1. The molecule has 0 fully saturated rings. The Labute approximate surface area is 211 Å². The molecule has 0 aliphatic carbocycles. The number of aliphatic hydroxyl groups excluding tert-OH is 1. The van der Waals surface area contributed by atoms with Crippen LogP contribution < -0.4 is 25.8 Å². The first-order chi connectivity index (χ1) is 17.8. The summed E-state index contributed by atoms with van der Waals surface area (Å²) >= 11 is 0. The van der Waals surface area contributed by atoms with Crippen LogP contribution in [0.25, 0.3) is 5.69 Å². The van der Waals surface area contributed by atoms with E-state index in [0.717, 1.165) is 11.1 Å². The minimum Gasteiger partial charge on any atom is -0.395 e. The zero-order valence-electron chi connectivity index (χ0n) is 19.8. The molecule has 37 heavy (non-hydrogen) atoms. The van der Waals surface area contributed by atoms with Gasteiger partial charge < -0.3 is 25.6 Å². The van der Waals surface area contributed by atoms with Gasteiger partial charge in [-0.2, -0.15) is 0 Å². The molecule has 0 saturated heterocycles. The maximum atomic E-state index is 13.3. The number of ether oxygens (including phenoxy) is 2. The fraction of sp³-hybridized carbons (Fsp3) is 0.240. The summed E-state index contributed by atoms with van der Waals surface area (Å²) in [5, 5.41) is 25.1. The zero-order chi connectivity index (χ0) is 26.0. The number of fused-ring (bicyclic) bond motifs is 1. The van der Waals surface area contributed by atoms with Crippen molar-refractivity contribution < 1.29 is 23.4 Å². The minimum atomic E-state index is -3.69. The van der Waals surface area contributed by atoms with Gasteiger partial charge in [0.05, 0.1) is 11.9 Å². The molecule has 4 aromatic rings. The number of nitrogens with one attached hydrogen (secondary N) is 2. The normalized spacial score (nSPS) is 15.4. The topological polar surface area (TPSA) is 132 Å². The second kappa shape index (κ2) is 10.1. The number of alkyl halides is 2. The summed E-state index contributed by atoms with van der Waals surface area (Å²) < 4.78 is 37.1. The fourth-order valence-corrected chi connectivity index (χ4v) is 3.94. The third-order valence-corrected chi connectivity index (χ3v) is 5.79. The van der Waals surface area contributed by atoms with Crippen molar-refractivity contribution in [3.05, 3.63) is 83.8 Å². The maximum Gasteiger partial charge on any atom is 0.586 e. The van der Waals surface area contributed by atoms with Gasteiger partial charge in [-0.05, 0) is 36.6 Å². The standard InChI is InChI=1S/C25H25F2N7O3/c1-15-13-29-23(30-17-7-8-21-22(10-17)37-25(26,27)36-21)11-20(15)34-14-19(32-33-34)24(35)31-18(12-28)9-16-5-3-2-4-6-16/h2-8,10-11,13-14,18,24,31,35H,9,12,28H2,1H3,(H,29,30). The molecule has 12 heteroatoms. The van der Waals surface area contributed by atoms with Crippen molar-refractivity contribution in [2.45, 2.75) is 31.9 Å². The van der Waals surface area contributed by atoms with E-state index in [9.17, 15) is 13.9 Å². The molecule has 0 bridgehead atoms. The number of benzene rings is 2. The number of aromatic nitrogens is 4. The van der Waals surface area contributed by atoms with Crippen LogP contribution >= 0.6 is 0 Å². The average Bonchev–Trinajstić information content (AvgIpc) is 3.48. The van der Waals surface area contributed by atoms with Crippen LogP contribution in [0.3, 0.4) is 0 Å². The van der Waals surface area contributed by atoms with Gasteiger partial charge in [0.1, 0.15) is 11.5 Å². The first kappa shape index (κ1) is 24.6. The lowest BCUT2D eigenvalue weighted by atomic mass is 10.1. The Kier molecular flexibility index (Phi) is 6.70. The maximum absolute atomic E-state index is 13.3. The van der Waals surface area contributed by atoms with Crippen LogP contribution in [0.1, 0.15) is 23.0 Å². The number of halogens is 2. The number of nitrogens with two attached hydrogens (primary N) is 1. The molecule has 0 saturated carbocycles. The van der Waals surface area contributed by atoms with Crippen molar-refractivity contribution in [2.75, 3.05) is 11.9 Å². The first-order valence-electron chi connectivity index (χ1n) is 11.5. The number of rotatable bonds is 9. The number of nitrogens with zero attached hydrogens (tertiary/aromatic N) is 4. The lowest BCUT2D eigenvalue weighted by molar-refractivity contribution is -0.286. The van der Waals surface area contributed by atoms with E-state index in [2.05, 4.69) is 35.4 Å². The average molecular weight is 510 g/mol. The van der Waals surface area contributed by atoms with Crippen molar-refractivity contribution >= 4 is 11.5 Å². The van der Waals surface area contributed by atoms with Gasteiger partial charge in [-0.3, -0.25) is 5.32 Å². The van der Waals surface area contributed by atoms with E-state index in [1.54, 1.807) is 24.5 Å². The summed E-state index contributed by atoms with van der Waals surface area (Å²) in [6, 6.07) is 15.8. The van der Waals surface area contributed by atoms with Gasteiger partial charge in [0.15, 0.2) is 17.7 Å². The van der Waals surface area contributed by atoms with Crippen LogP contribution in [0, 0.1) is 6.92 Å². The smallest absolute Gasteiger partial charge is 0.395 e. The molecule has 192 valence electrons. The highest BCUT2D eigenvalue weighted by Crippen LogP contribution is 2.42. The van der Waals surface area contributed by atoms with Gasteiger partial charge in [-0.25, -0.2) is 9.67 Å². The van der Waals surface area contributed by atoms with Crippen molar-refractivity contribution in [1.29, 1.82) is 0 Å². The Bertz CT molecular complexity index is 1380. The number of hydrogen-bond acceptors (Lipinski definition) is 9. The largest absolute Gasteiger partial charge is 0.586 e. The number of hydrogen-bond donors (Lipinski definition) is 4. The Balaban J connectivity index is 1.29. The van der Waals surface area contributed by atoms with E-state index >= 15 is 0 Å². The van der Waals surface area contributed by atoms with Crippen LogP contribution in [0.5, 0.6) is 11.5 Å². The first-order valence-corrected chi connectivity index (χ1v) is 11.5. The van der Waals surface area contributed by atoms with Gasteiger partial charge in [0, 0.05) is 36.6 Å². The van der Waals surface area contributed by atoms with E-state index in [1.165, 1.54) is 16.8 Å². The van der Waals surface area contributed by atoms with E-state index in [-0.39, 0.29) is 17.5 Å². The molecule has 0 amide bonds. The molecule has 2 unspecified atom stereocenters. The molecule has 1 aliphatic rings. The Morgan fingerprint density at radius 2 is 1.89 bits per heavy atom. The van der Waals surface area contributed by atoms with E-state index in [0.29, 0.717) is 35.9 Å². The number of anilines is 2. The van der Waals surface area contributed by atoms with Crippen molar-refractivity contribution in [1.82, 2.24) is 25.3 Å². The van der Waals surface area contributed by atoms with Crippen LogP contribution in [0.2, 0.25) is 0 Å². The second-order valence-corrected chi connectivity index (χ2v) is 8.59. The summed E-state index contributed by atoms with van der Waals surface area (Å²) in [7, 11) is 0. The summed E-state index contributed by atoms with van der Waals surface area (Å²) in [5.41, 5.74) is 9.28. The van der Waals surface area contributed by atoms with Crippen molar-refractivity contribution in [3.8, 4) is 17.2 Å². The van der Waals surface area contributed by atoms with Gasteiger partial charge >= 0.3 is 6.29 Å². The SMILES string of the molecule is Cc1cnc(Nc2ccc3c(c2)OC(F)(F)O3)cc1-n1cc(C(O)NC(CN)Cc2ccccc2)nn1. The molecule has 5 N–H and O–H groups in total. The molecule has 0 spiro atoms. The molecular weight excluding hydrogens is 484 g/mol. The monoisotopic (exact) mass is 509 g/mol. The summed E-state index contributed by atoms with van der Waals surface area (Å²) in [6.45, 7) is 2.19. The minimum absolute atomic E-state index is 0.0453. The van der Waals surface area contributed by atoms with Gasteiger partial charge in [0.2, 0.25) is 0 Å². The van der Waals surface area contributed by atoms with Gasteiger partial charge in [-0.15, -0.1) is 13.9 Å². The van der Waals surface area contributed by atoms with Gasteiger partial charge in [0.25, 0.3) is 0 Å². The van der Waals surface area contributed by atoms with Crippen molar-refractivity contribution in [2.24, 2.45) is 5.73 Å².